The van der Waals surface area contributed by atoms with Gasteiger partial charge in [-0.2, -0.15) is 10.4 Å². The molecule has 1 aliphatic carbocycles. The molecule has 0 spiro atoms. The Balaban J connectivity index is 1.70. The second-order valence-electron chi connectivity index (χ2n) is 8.36. The lowest BCUT2D eigenvalue weighted by atomic mass is 9.75. The van der Waals surface area contributed by atoms with Crippen molar-refractivity contribution in [2.75, 3.05) is 17.7 Å². The van der Waals surface area contributed by atoms with Crippen LogP contribution in [0, 0.1) is 23.2 Å². The summed E-state index contributed by atoms with van der Waals surface area (Å²) in [7, 11) is 1.49. The normalized spacial score (nSPS) is 17.1. The molecule has 2 aromatic heterocycles. The van der Waals surface area contributed by atoms with Crippen LogP contribution >= 0.6 is 0 Å². The van der Waals surface area contributed by atoms with Gasteiger partial charge in [-0.25, -0.2) is 4.98 Å². The zero-order valence-corrected chi connectivity index (χ0v) is 19.5. The molecule has 13 heteroatoms. The highest BCUT2D eigenvalue weighted by atomic mass is 16.7. The molecule has 0 radical (unpaired) electrons. The van der Waals surface area contributed by atoms with Crippen molar-refractivity contribution in [3.8, 4) is 11.8 Å². The van der Waals surface area contributed by atoms with E-state index in [4.69, 9.17) is 10.00 Å². The number of amides is 2. The number of methoxy groups -OCH3 is 1. The lowest BCUT2D eigenvalue weighted by Gasteiger charge is -2.29. The first-order chi connectivity index (χ1) is 17.1. The van der Waals surface area contributed by atoms with Gasteiger partial charge in [-0.1, -0.05) is 0 Å². The summed E-state index contributed by atoms with van der Waals surface area (Å²) in [6.45, 7) is 2.51. The average Bonchev–Trinajstić information content (AvgIpc) is 3.20. The predicted molar refractivity (Wildman–Crippen MR) is 127 cm³/mol. The minimum Gasteiger partial charge on any atom is -0.492 e. The molecule has 36 heavy (non-hydrogen) atoms. The molecule has 1 fully saturated rings. The molecule has 2 amide bonds. The molecule has 1 aromatic carbocycles. The summed E-state index contributed by atoms with van der Waals surface area (Å²) < 4.78 is 7.37. The number of nitriles is 1. The van der Waals surface area contributed by atoms with Crippen LogP contribution in [0.25, 0.3) is 10.9 Å². The average molecular weight is 495 g/mol. The number of nitrogens with one attached hydrogen (secondary N) is 3. The fourth-order valence-corrected chi connectivity index (χ4v) is 4.03. The number of pyridine rings is 1. The van der Waals surface area contributed by atoms with Crippen molar-refractivity contribution in [2.24, 2.45) is 11.8 Å². The van der Waals surface area contributed by atoms with E-state index >= 15 is 0 Å². The molecule has 0 aliphatic heterocycles. The first kappa shape index (κ1) is 24.9. The van der Waals surface area contributed by atoms with Crippen LogP contribution in [0.5, 0.6) is 5.75 Å². The first-order valence-electron chi connectivity index (χ1n) is 11.1. The van der Waals surface area contributed by atoms with Crippen molar-refractivity contribution >= 4 is 39.9 Å². The van der Waals surface area contributed by atoms with Crippen LogP contribution in [-0.4, -0.2) is 55.1 Å². The summed E-state index contributed by atoms with van der Waals surface area (Å²) in [5, 5.41) is 49.1. The monoisotopic (exact) mass is 495 g/mol. The van der Waals surface area contributed by atoms with E-state index in [0.717, 1.165) is 17.1 Å². The number of carbonyl (C=O) groups is 2. The maximum absolute atomic E-state index is 12.6. The third-order valence-corrected chi connectivity index (χ3v) is 5.90. The number of hydrogen-bond acceptors (Lipinski definition) is 10. The van der Waals surface area contributed by atoms with E-state index in [-0.39, 0.29) is 34.8 Å². The van der Waals surface area contributed by atoms with E-state index < -0.39 is 12.0 Å². The molecule has 188 valence electrons. The molecule has 4 rings (SSSR count). The Kier molecular flexibility index (Phi) is 6.75. The lowest BCUT2D eigenvalue weighted by Crippen LogP contribution is -2.48. The fourth-order valence-electron chi connectivity index (χ4n) is 4.03. The van der Waals surface area contributed by atoms with Gasteiger partial charge < -0.3 is 30.7 Å². The van der Waals surface area contributed by atoms with E-state index in [1.54, 1.807) is 22.3 Å². The molecule has 0 atom stereocenters. The quantitative estimate of drug-likeness (QED) is 0.245. The Morgan fingerprint density at radius 2 is 2.00 bits per heavy atom. The number of nitrogens with zero attached hydrogens (tertiary/aromatic N) is 4. The van der Waals surface area contributed by atoms with Crippen LogP contribution < -0.4 is 20.7 Å². The highest BCUT2D eigenvalue weighted by molar-refractivity contribution is 6.02. The molecule has 2 heterocycles. The van der Waals surface area contributed by atoms with Gasteiger partial charge in [-0.05, 0) is 31.9 Å². The van der Waals surface area contributed by atoms with Gasteiger partial charge in [0.2, 0.25) is 5.91 Å². The van der Waals surface area contributed by atoms with Crippen LogP contribution in [-0.2, 0) is 11.3 Å². The topological polar surface area (TPSA) is 195 Å². The Hall–Kier alpha value is -4.25. The van der Waals surface area contributed by atoms with Gasteiger partial charge in [0, 0.05) is 36.0 Å². The van der Waals surface area contributed by atoms with Crippen LogP contribution in [0.4, 0.5) is 17.2 Å². The largest absolute Gasteiger partial charge is 0.492 e. The lowest BCUT2D eigenvalue weighted by molar-refractivity contribution is -0.323. The number of aliphatic hydroxyl groups is 3. The highest BCUT2D eigenvalue weighted by Crippen LogP contribution is 2.37. The van der Waals surface area contributed by atoms with Gasteiger partial charge in [0.05, 0.1) is 36.3 Å². The Labute approximate surface area is 205 Å². The van der Waals surface area contributed by atoms with Crippen molar-refractivity contribution in [3.05, 3.63) is 36.2 Å². The third-order valence-electron chi connectivity index (χ3n) is 5.90. The van der Waals surface area contributed by atoms with E-state index in [1.165, 1.54) is 13.2 Å². The van der Waals surface area contributed by atoms with Crippen molar-refractivity contribution in [3.63, 3.8) is 0 Å². The molecule has 0 unspecified atom stereocenters. The Bertz CT molecular complexity index is 1350. The molecule has 3 aromatic rings. The maximum Gasteiger partial charge on any atom is 0.369 e. The van der Waals surface area contributed by atoms with Crippen molar-refractivity contribution < 1.29 is 29.6 Å². The number of ether oxygens (including phenoxy) is 1. The third kappa shape index (κ3) is 5.05. The smallest absolute Gasteiger partial charge is 0.369 e. The fraction of sp³-hybridized carbons (Fsp3) is 0.348. The summed E-state index contributed by atoms with van der Waals surface area (Å²) >= 11 is 0. The van der Waals surface area contributed by atoms with E-state index in [2.05, 4.69) is 26.8 Å². The molecular formula is C23H25N7O6. The van der Waals surface area contributed by atoms with Crippen LogP contribution in [0.1, 0.15) is 30.1 Å². The van der Waals surface area contributed by atoms with E-state index in [1.807, 2.05) is 13.0 Å². The zero-order valence-electron chi connectivity index (χ0n) is 19.5. The molecule has 0 bridgehead atoms. The summed E-state index contributed by atoms with van der Waals surface area (Å²) in [6.07, 6.45) is 0.278. The standard InChI is InChI=1S/C23H25N7O6/c1-3-30-19-13(10-26-30)4-5-16(20(19)36-2)27-17-8-18(28-21(31)14-6-12(7-14)9-24)25-11-15(17)22(32)29-23(33,34)35/h4-5,8,10-12,14,33-35H,3,6-7H2,1-2H3,(H,29,32)(H2,25,27,28,31). The highest BCUT2D eigenvalue weighted by Gasteiger charge is 2.34. The molecule has 1 saturated carbocycles. The minimum atomic E-state index is -3.45. The van der Waals surface area contributed by atoms with Crippen molar-refractivity contribution in [1.82, 2.24) is 20.1 Å². The van der Waals surface area contributed by atoms with Gasteiger partial charge in [-0.15, -0.1) is 0 Å². The summed E-state index contributed by atoms with van der Waals surface area (Å²) in [6, 6.07) is 7.04. The van der Waals surface area contributed by atoms with E-state index in [0.29, 0.717) is 30.8 Å². The maximum atomic E-state index is 12.6. The number of aryl methyl sites for hydroxylation is 1. The number of benzene rings is 1. The molecule has 13 nitrogen and oxygen atoms in total. The van der Waals surface area contributed by atoms with Gasteiger partial charge in [0.1, 0.15) is 11.3 Å². The molecule has 0 saturated heterocycles. The number of hydrogen-bond donors (Lipinski definition) is 6. The molecule has 1 aliphatic rings. The Morgan fingerprint density at radius 1 is 1.25 bits per heavy atom. The first-order valence-corrected chi connectivity index (χ1v) is 11.1. The van der Waals surface area contributed by atoms with E-state index in [9.17, 15) is 24.9 Å². The number of anilines is 3. The second kappa shape index (κ2) is 9.78. The zero-order chi connectivity index (χ0) is 26.0. The van der Waals surface area contributed by atoms with Crippen molar-refractivity contribution in [1.29, 1.82) is 5.26 Å². The van der Waals surface area contributed by atoms with Gasteiger partial charge in [-0.3, -0.25) is 19.6 Å². The van der Waals surface area contributed by atoms with Crippen LogP contribution in [0.3, 0.4) is 0 Å². The second-order valence-corrected chi connectivity index (χ2v) is 8.36. The number of fused-ring (bicyclic) bond motifs is 1. The summed E-state index contributed by atoms with van der Waals surface area (Å²) in [5.74, 6) is -1.24. The number of rotatable bonds is 8. The molecular weight excluding hydrogens is 470 g/mol. The summed E-state index contributed by atoms with van der Waals surface area (Å²) in [4.78, 5) is 29.2. The molecule has 6 N–H and O–H groups in total. The SMILES string of the molecule is CCn1ncc2ccc(Nc3cc(NC(=O)C4CC(C#N)C4)ncc3C(=O)NC(O)(O)O)c(OC)c21. The number of carbonyl (C=O) groups excluding carboxylic acids is 2. The van der Waals surface area contributed by atoms with Gasteiger partial charge in [0.25, 0.3) is 5.91 Å². The van der Waals surface area contributed by atoms with Gasteiger partial charge >= 0.3 is 6.10 Å². The predicted octanol–water partition coefficient (Wildman–Crippen LogP) is 1.01. The van der Waals surface area contributed by atoms with Crippen LogP contribution in [0.15, 0.2) is 30.6 Å². The number of aromatic nitrogens is 3. The van der Waals surface area contributed by atoms with Crippen molar-refractivity contribution in [2.45, 2.75) is 32.4 Å². The minimum absolute atomic E-state index is 0.126. The Morgan fingerprint density at radius 3 is 2.64 bits per heavy atom. The van der Waals surface area contributed by atoms with Gasteiger partial charge in [0.15, 0.2) is 5.75 Å². The van der Waals surface area contributed by atoms with Crippen LogP contribution in [0.2, 0.25) is 0 Å². The summed E-state index contributed by atoms with van der Waals surface area (Å²) in [5.41, 5.74) is 1.15.